The van der Waals surface area contributed by atoms with Gasteiger partial charge in [-0.05, 0) is 43.7 Å². The number of rotatable bonds is 8. The van der Waals surface area contributed by atoms with Gasteiger partial charge in [0.2, 0.25) is 0 Å². The first kappa shape index (κ1) is 20.2. The fourth-order valence-corrected chi connectivity index (χ4v) is 7.82. The predicted molar refractivity (Wildman–Crippen MR) is 95.6 cm³/mol. The third-order valence-electron chi connectivity index (χ3n) is 4.33. The lowest BCUT2D eigenvalue weighted by Gasteiger charge is -2.20. The van der Waals surface area contributed by atoms with Crippen LogP contribution in [0.4, 0.5) is 0 Å². The molecule has 9 heteroatoms. The van der Waals surface area contributed by atoms with Crippen molar-refractivity contribution >= 4 is 19.7 Å². The van der Waals surface area contributed by atoms with E-state index in [1.54, 1.807) is 20.1 Å². The summed E-state index contributed by atoms with van der Waals surface area (Å²) in [6.45, 7) is 2.78. The van der Waals surface area contributed by atoms with Crippen LogP contribution in [0, 0.1) is 6.92 Å². The molecule has 25 heavy (non-hydrogen) atoms. The summed E-state index contributed by atoms with van der Waals surface area (Å²) in [7, 11) is -4.08. The van der Waals surface area contributed by atoms with E-state index in [-0.39, 0.29) is 16.4 Å². The second-order valence-corrected chi connectivity index (χ2v) is 10.5. The Labute approximate surface area is 149 Å². The molecule has 142 valence electrons. The van der Waals surface area contributed by atoms with Gasteiger partial charge < -0.3 is 14.8 Å². The molecule has 0 unspecified atom stereocenters. The molecule has 1 heterocycles. The first-order valence-electron chi connectivity index (χ1n) is 8.02. The van der Waals surface area contributed by atoms with Crippen molar-refractivity contribution in [3.05, 3.63) is 23.8 Å². The number of sulfone groups is 2. The minimum Gasteiger partial charge on any atom is -0.496 e. The van der Waals surface area contributed by atoms with E-state index < -0.39 is 31.0 Å². The number of aryl methyl sites for hydroxylation is 1. The molecule has 0 aromatic heterocycles. The molecule has 1 aromatic rings. The smallest absolute Gasteiger partial charge is 0.183 e. The monoisotopic (exact) mass is 391 g/mol. The maximum absolute atomic E-state index is 13.0. The van der Waals surface area contributed by atoms with E-state index in [1.165, 1.54) is 19.2 Å². The van der Waals surface area contributed by atoms with Crippen LogP contribution in [0.1, 0.15) is 12.0 Å². The van der Waals surface area contributed by atoms with Crippen LogP contribution < -0.4 is 10.1 Å². The molecule has 0 amide bonds. The highest BCUT2D eigenvalue weighted by Gasteiger charge is 2.45. The lowest BCUT2D eigenvalue weighted by atomic mass is 10.2. The fourth-order valence-electron chi connectivity index (χ4n) is 3.02. The van der Waals surface area contributed by atoms with Gasteiger partial charge in [-0.2, -0.15) is 0 Å². The first-order chi connectivity index (χ1) is 11.7. The number of benzene rings is 1. The van der Waals surface area contributed by atoms with Gasteiger partial charge in [0.25, 0.3) is 0 Å². The van der Waals surface area contributed by atoms with Crippen LogP contribution in [0.5, 0.6) is 5.75 Å². The Hall–Kier alpha value is -1.16. The van der Waals surface area contributed by atoms with Gasteiger partial charge in [-0.3, -0.25) is 0 Å². The van der Waals surface area contributed by atoms with Crippen molar-refractivity contribution < 1.29 is 26.3 Å². The summed E-state index contributed by atoms with van der Waals surface area (Å²) in [6.07, 6.45) is 0.682. The van der Waals surface area contributed by atoms with E-state index in [9.17, 15) is 16.8 Å². The molecule has 7 nitrogen and oxygen atoms in total. The molecule has 0 bridgehead atoms. The maximum Gasteiger partial charge on any atom is 0.183 e. The largest absolute Gasteiger partial charge is 0.496 e. The van der Waals surface area contributed by atoms with Crippen LogP contribution in [-0.2, 0) is 24.4 Å². The van der Waals surface area contributed by atoms with Crippen LogP contribution in [0.3, 0.4) is 0 Å². The summed E-state index contributed by atoms with van der Waals surface area (Å²) < 4.78 is 60.2. The second-order valence-electron chi connectivity index (χ2n) is 6.20. The van der Waals surface area contributed by atoms with Gasteiger partial charge in [-0.25, -0.2) is 16.8 Å². The first-order valence-corrected chi connectivity index (χ1v) is 11.4. The van der Waals surface area contributed by atoms with Gasteiger partial charge in [0.15, 0.2) is 19.7 Å². The Balaban J connectivity index is 2.26. The molecule has 1 N–H and O–H groups in total. The van der Waals surface area contributed by atoms with Crippen LogP contribution >= 0.6 is 0 Å². The average molecular weight is 392 g/mol. The second kappa shape index (κ2) is 8.03. The van der Waals surface area contributed by atoms with E-state index in [4.69, 9.17) is 9.47 Å². The number of nitrogens with one attached hydrogen (secondary N) is 1. The number of hydrogen-bond donors (Lipinski definition) is 1. The Kier molecular flexibility index (Phi) is 6.47. The molecule has 1 aromatic carbocycles. The standard InChI is InChI=1S/C16H25NO6S2/c1-12-9-13(5-6-15(12)23-3)25(20,21)16-11-24(18,19)10-14(16)17-7-4-8-22-2/h5-6,9,14,16-17H,4,7-8,10-11H2,1-3H3/t14-,16-/m0/s1. The summed E-state index contributed by atoms with van der Waals surface area (Å²) >= 11 is 0. The minimum atomic E-state index is -3.78. The van der Waals surface area contributed by atoms with E-state index >= 15 is 0 Å². The van der Waals surface area contributed by atoms with E-state index in [1.807, 2.05) is 0 Å². The molecule has 1 aliphatic rings. The molecule has 0 saturated carbocycles. The van der Waals surface area contributed by atoms with Crippen molar-refractivity contribution in [2.24, 2.45) is 0 Å². The van der Waals surface area contributed by atoms with Gasteiger partial charge in [-0.15, -0.1) is 0 Å². The highest BCUT2D eigenvalue weighted by Crippen LogP contribution is 2.29. The normalized spacial score (nSPS) is 22.8. The topological polar surface area (TPSA) is 98.8 Å². The molecule has 0 aliphatic carbocycles. The SMILES string of the molecule is COCCCN[C@H]1CS(=O)(=O)C[C@@H]1S(=O)(=O)c1ccc(OC)c(C)c1. The van der Waals surface area contributed by atoms with E-state index in [0.29, 0.717) is 30.9 Å². The van der Waals surface area contributed by atoms with Crippen molar-refractivity contribution in [1.29, 1.82) is 0 Å². The summed E-state index contributed by atoms with van der Waals surface area (Å²) in [5.74, 6) is 0.0636. The summed E-state index contributed by atoms with van der Waals surface area (Å²) in [6, 6.07) is 3.97. The summed E-state index contributed by atoms with van der Waals surface area (Å²) in [5, 5.41) is 2.08. The van der Waals surface area contributed by atoms with Crippen molar-refractivity contribution in [3.8, 4) is 5.75 Å². The zero-order valence-corrected chi connectivity index (χ0v) is 16.3. The molecule has 0 spiro atoms. The van der Waals surface area contributed by atoms with Crippen molar-refractivity contribution in [2.45, 2.75) is 29.5 Å². The molecule has 1 saturated heterocycles. The summed E-state index contributed by atoms with van der Waals surface area (Å²) in [5.41, 5.74) is 0.689. The molecule has 0 radical (unpaired) electrons. The Morgan fingerprint density at radius 2 is 1.96 bits per heavy atom. The fraction of sp³-hybridized carbons (Fsp3) is 0.625. The lowest BCUT2D eigenvalue weighted by molar-refractivity contribution is 0.193. The van der Waals surface area contributed by atoms with E-state index in [2.05, 4.69) is 5.32 Å². The summed E-state index contributed by atoms with van der Waals surface area (Å²) in [4.78, 5) is 0.122. The Morgan fingerprint density at radius 1 is 1.24 bits per heavy atom. The zero-order valence-electron chi connectivity index (χ0n) is 14.7. The highest BCUT2D eigenvalue weighted by molar-refractivity contribution is 7.96. The van der Waals surface area contributed by atoms with E-state index in [0.717, 1.165) is 0 Å². The van der Waals surface area contributed by atoms with Gasteiger partial charge in [0.05, 0.1) is 28.8 Å². The maximum atomic E-state index is 13.0. The van der Waals surface area contributed by atoms with Crippen LogP contribution in [0.2, 0.25) is 0 Å². The minimum absolute atomic E-state index is 0.122. The molecule has 2 atom stereocenters. The van der Waals surface area contributed by atoms with Crippen molar-refractivity contribution in [3.63, 3.8) is 0 Å². The van der Waals surface area contributed by atoms with Crippen LogP contribution in [0.25, 0.3) is 0 Å². The predicted octanol–water partition coefficient (Wildman–Crippen LogP) is 0.569. The molecular formula is C16H25NO6S2. The van der Waals surface area contributed by atoms with Gasteiger partial charge in [-0.1, -0.05) is 0 Å². The number of hydrogen-bond acceptors (Lipinski definition) is 7. The number of ether oxygens (including phenoxy) is 2. The Morgan fingerprint density at radius 3 is 2.56 bits per heavy atom. The Bertz CT molecular complexity index is 804. The van der Waals surface area contributed by atoms with Crippen molar-refractivity contribution in [1.82, 2.24) is 5.32 Å². The van der Waals surface area contributed by atoms with Crippen LogP contribution in [-0.4, -0.2) is 67.0 Å². The third kappa shape index (κ3) is 4.72. The molecule has 1 aliphatic heterocycles. The van der Waals surface area contributed by atoms with Crippen LogP contribution in [0.15, 0.2) is 23.1 Å². The lowest BCUT2D eigenvalue weighted by Crippen LogP contribution is -2.43. The van der Waals surface area contributed by atoms with Gasteiger partial charge in [0.1, 0.15) is 5.75 Å². The molecule has 1 fully saturated rings. The number of methoxy groups -OCH3 is 2. The third-order valence-corrected chi connectivity index (χ3v) is 8.47. The highest BCUT2D eigenvalue weighted by atomic mass is 32.2. The molecule has 2 rings (SSSR count). The molecular weight excluding hydrogens is 366 g/mol. The van der Waals surface area contributed by atoms with Gasteiger partial charge >= 0.3 is 0 Å². The van der Waals surface area contributed by atoms with Crippen molar-refractivity contribution in [2.75, 3.05) is 38.9 Å². The quantitative estimate of drug-likeness (QED) is 0.647. The average Bonchev–Trinajstić information content (AvgIpc) is 2.87. The zero-order chi connectivity index (χ0) is 18.7. The van der Waals surface area contributed by atoms with Gasteiger partial charge in [0, 0.05) is 19.8 Å².